The third-order valence-electron chi connectivity index (χ3n) is 3.23. The fourth-order valence-corrected chi connectivity index (χ4v) is 2.82. The van der Waals surface area contributed by atoms with Gasteiger partial charge >= 0.3 is 0 Å². The summed E-state index contributed by atoms with van der Waals surface area (Å²) in [6, 6.07) is 0. The van der Waals surface area contributed by atoms with Gasteiger partial charge in [-0.1, -0.05) is 30.8 Å². The highest BCUT2D eigenvalue weighted by molar-refractivity contribution is 7.98. The van der Waals surface area contributed by atoms with Crippen molar-refractivity contribution in [3.63, 3.8) is 0 Å². The number of thioether (sulfide) groups is 1. The second-order valence-corrected chi connectivity index (χ2v) is 6.61. The van der Waals surface area contributed by atoms with Gasteiger partial charge in [0.25, 0.3) is 0 Å². The van der Waals surface area contributed by atoms with Crippen LogP contribution in [-0.4, -0.2) is 24.9 Å². The first kappa shape index (κ1) is 13.6. The Bertz CT molecular complexity index is 587. The van der Waals surface area contributed by atoms with Crippen molar-refractivity contribution in [2.75, 3.05) is 0 Å². The molecular formula is C13H19N5OS. The molecule has 0 saturated heterocycles. The Morgan fingerprint density at radius 1 is 1.35 bits per heavy atom. The van der Waals surface area contributed by atoms with Crippen molar-refractivity contribution in [1.29, 1.82) is 0 Å². The molecule has 1 fully saturated rings. The Morgan fingerprint density at radius 3 is 2.85 bits per heavy atom. The highest BCUT2D eigenvalue weighted by Crippen LogP contribution is 2.39. The first-order valence-corrected chi connectivity index (χ1v) is 7.95. The third kappa shape index (κ3) is 3.03. The van der Waals surface area contributed by atoms with Crippen molar-refractivity contribution >= 4 is 11.8 Å². The highest BCUT2D eigenvalue weighted by Gasteiger charge is 2.29. The molecule has 0 unspecified atom stereocenters. The molecule has 6 nitrogen and oxygen atoms in total. The summed E-state index contributed by atoms with van der Waals surface area (Å²) >= 11 is 1.60. The molecule has 1 aliphatic rings. The summed E-state index contributed by atoms with van der Waals surface area (Å²) in [5.74, 6) is 4.34. The van der Waals surface area contributed by atoms with Crippen LogP contribution in [0.2, 0.25) is 0 Å². The van der Waals surface area contributed by atoms with E-state index in [9.17, 15) is 0 Å². The van der Waals surface area contributed by atoms with Crippen molar-refractivity contribution in [3.05, 3.63) is 17.5 Å². The molecule has 0 amide bonds. The van der Waals surface area contributed by atoms with E-state index < -0.39 is 0 Å². The van der Waals surface area contributed by atoms with Crippen LogP contribution >= 0.6 is 11.8 Å². The molecule has 2 aromatic heterocycles. The fourth-order valence-electron chi connectivity index (χ4n) is 2.06. The predicted molar refractivity (Wildman–Crippen MR) is 75.4 cm³/mol. The van der Waals surface area contributed by atoms with E-state index in [1.807, 2.05) is 7.05 Å². The monoisotopic (exact) mass is 293 g/mol. The molecule has 0 bridgehead atoms. The van der Waals surface area contributed by atoms with E-state index in [-0.39, 0.29) is 0 Å². The lowest BCUT2D eigenvalue weighted by Crippen LogP contribution is -1.97. The molecule has 0 atom stereocenters. The Kier molecular flexibility index (Phi) is 3.78. The first-order chi connectivity index (χ1) is 9.63. The minimum Gasteiger partial charge on any atom is -0.339 e. The topological polar surface area (TPSA) is 69.6 Å². The molecular weight excluding hydrogens is 274 g/mol. The predicted octanol–water partition coefficient (Wildman–Crippen LogP) is 2.57. The van der Waals surface area contributed by atoms with Crippen molar-refractivity contribution in [1.82, 2.24) is 24.9 Å². The Balaban J connectivity index is 1.60. The molecule has 2 aromatic rings. The van der Waals surface area contributed by atoms with Gasteiger partial charge in [0.15, 0.2) is 11.0 Å². The van der Waals surface area contributed by atoms with E-state index in [1.54, 1.807) is 11.8 Å². The number of aromatic nitrogens is 5. The fraction of sp³-hybridized carbons (Fsp3) is 0.692. The maximum atomic E-state index is 5.23. The second kappa shape index (κ2) is 5.55. The molecule has 20 heavy (non-hydrogen) atoms. The van der Waals surface area contributed by atoms with Crippen LogP contribution in [0.25, 0.3) is 0 Å². The lowest BCUT2D eigenvalue weighted by Gasteiger charge is -2.00. The molecule has 7 heteroatoms. The Hall–Kier alpha value is -1.37. The van der Waals surface area contributed by atoms with Crippen molar-refractivity contribution < 1.29 is 4.52 Å². The maximum Gasteiger partial charge on any atom is 0.226 e. The molecule has 0 aliphatic heterocycles. The van der Waals surface area contributed by atoms with Gasteiger partial charge in [0.05, 0.1) is 5.75 Å². The largest absolute Gasteiger partial charge is 0.339 e. The van der Waals surface area contributed by atoms with E-state index in [0.717, 1.165) is 23.2 Å². The zero-order valence-corrected chi connectivity index (χ0v) is 12.9. The number of nitrogens with zero attached hydrogens (tertiary/aromatic N) is 5. The summed E-state index contributed by atoms with van der Waals surface area (Å²) < 4.78 is 7.31. The van der Waals surface area contributed by atoms with Crippen LogP contribution in [0.15, 0.2) is 9.68 Å². The maximum absolute atomic E-state index is 5.23. The standard InChI is InChI=1S/C13H19N5OS/c1-8(2)6-11-14-10(17-19-11)7-20-13-16-15-12(18(13)3)9-4-5-9/h8-9H,4-7H2,1-3H3. The van der Waals surface area contributed by atoms with Gasteiger partial charge in [-0.3, -0.25) is 0 Å². The van der Waals surface area contributed by atoms with Crippen molar-refractivity contribution in [2.45, 2.75) is 49.9 Å². The minimum atomic E-state index is 0.524. The molecule has 0 spiro atoms. The van der Waals surface area contributed by atoms with E-state index in [1.165, 1.54) is 12.8 Å². The average Bonchev–Trinajstić information content (AvgIpc) is 3.04. The van der Waals surface area contributed by atoms with Crippen LogP contribution in [0.4, 0.5) is 0 Å². The summed E-state index contributed by atoms with van der Waals surface area (Å²) in [4.78, 5) is 4.39. The van der Waals surface area contributed by atoms with Crippen molar-refractivity contribution in [2.24, 2.45) is 13.0 Å². The molecule has 108 valence electrons. The van der Waals surface area contributed by atoms with Crippen LogP contribution < -0.4 is 0 Å². The van der Waals surface area contributed by atoms with Crippen LogP contribution in [0.1, 0.15) is 50.1 Å². The van der Waals surface area contributed by atoms with Crippen LogP contribution in [0.3, 0.4) is 0 Å². The first-order valence-electron chi connectivity index (χ1n) is 6.97. The molecule has 0 aromatic carbocycles. The molecule has 0 radical (unpaired) electrons. The lowest BCUT2D eigenvalue weighted by molar-refractivity contribution is 0.360. The zero-order valence-electron chi connectivity index (χ0n) is 12.0. The van der Waals surface area contributed by atoms with Crippen LogP contribution in [0.5, 0.6) is 0 Å². The summed E-state index contributed by atoms with van der Waals surface area (Å²) in [6.45, 7) is 4.27. The van der Waals surface area contributed by atoms with Gasteiger partial charge in [0.2, 0.25) is 5.89 Å². The van der Waals surface area contributed by atoms with Gasteiger partial charge in [0, 0.05) is 19.4 Å². The molecule has 0 N–H and O–H groups in total. The van der Waals surface area contributed by atoms with Crippen molar-refractivity contribution in [3.8, 4) is 0 Å². The second-order valence-electron chi connectivity index (χ2n) is 5.67. The van der Waals surface area contributed by atoms with E-state index in [4.69, 9.17) is 4.52 Å². The number of rotatable bonds is 6. The zero-order chi connectivity index (χ0) is 14.1. The van der Waals surface area contributed by atoms with Gasteiger partial charge in [-0.05, 0) is 18.8 Å². The quantitative estimate of drug-likeness (QED) is 0.762. The highest BCUT2D eigenvalue weighted by atomic mass is 32.2. The summed E-state index contributed by atoms with van der Waals surface area (Å²) in [5.41, 5.74) is 0. The normalized spacial score (nSPS) is 15.2. The summed E-state index contributed by atoms with van der Waals surface area (Å²) in [7, 11) is 2.02. The number of hydrogen-bond acceptors (Lipinski definition) is 6. The van der Waals surface area contributed by atoms with Gasteiger partial charge in [0.1, 0.15) is 5.82 Å². The molecule has 1 saturated carbocycles. The Labute approximate surface area is 122 Å². The van der Waals surface area contributed by atoms with Gasteiger partial charge in [-0.2, -0.15) is 4.98 Å². The Morgan fingerprint density at radius 2 is 2.15 bits per heavy atom. The van der Waals surface area contributed by atoms with Crippen LogP contribution in [-0.2, 0) is 19.2 Å². The SMILES string of the molecule is CC(C)Cc1nc(CSc2nnc(C3CC3)n2C)no1. The third-order valence-corrected chi connectivity index (χ3v) is 4.25. The van der Waals surface area contributed by atoms with Gasteiger partial charge < -0.3 is 9.09 Å². The summed E-state index contributed by atoms with van der Waals surface area (Å²) in [5, 5.41) is 13.4. The molecule has 1 aliphatic carbocycles. The van der Waals surface area contributed by atoms with Crippen LogP contribution in [0, 0.1) is 5.92 Å². The van der Waals surface area contributed by atoms with Gasteiger partial charge in [-0.15, -0.1) is 10.2 Å². The number of hydrogen-bond donors (Lipinski definition) is 0. The van der Waals surface area contributed by atoms with E-state index >= 15 is 0 Å². The minimum absolute atomic E-state index is 0.524. The average molecular weight is 293 g/mol. The smallest absolute Gasteiger partial charge is 0.226 e. The molecule has 3 rings (SSSR count). The molecule has 2 heterocycles. The van der Waals surface area contributed by atoms with Gasteiger partial charge in [-0.25, -0.2) is 0 Å². The van der Waals surface area contributed by atoms with E-state index in [2.05, 4.69) is 38.8 Å². The lowest BCUT2D eigenvalue weighted by atomic mass is 10.1. The summed E-state index contributed by atoms with van der Waals surface area (Å²) in [6.07, 6.45) is 3.30. The van der Waals surface area contributed by atoms with E-state index in [0.29, 0.717) is 23.5 Å².